The first kappa shape index (κ1) is 29.6. The third kappa shape index (κ3) is 6.18. The normalized spacial score (nSPS) is 33.7. The Morgan fingerprint density at radius 2 is 1.84 bits per heavy atom. The number of halogens is 2. The van der Waals surface area contributed by atoms with Crippen LogP contribution in [0.4, 0.5) is 13.6 Å². The van der Waals surface area contributed by atoms with Crippen LogP contribution in [-0.2, 0) is 19.1 Å². The lowest BCUT2D eigenvalue weighted by atomic mass is 9.78. The molecule has 12 heteroatoms. The summed E-state index contributed by atoms with van der Waals surface area (Å²) in [6.07, 6.45) is -0.867. The van der Waals surface area contributed by atoms with Crippen molar-refractivity contribution in [1.82, 2.24) is 20.9 Å². The van der Waals surface area contributed by atoms with Gasteiger partial charge in [-0.05, 0) is 49.4 Å². The Morgan fingerprint density at radius 1 is 1.16 bits per heavy atom. The summed E-state index contributed by atoms with van der Waals surface area (Å²) in [7, 11) is 1.16. The Balaban J connectivity index is 2.02. The molecule has 3 saturated heterocycles. The molecule has 1 unspecified atom stereocenters. The molecule has 3 aliphatic heterocycles. The topological polar surface area (TPSA) is 141 Å². The molecule has 3 fully saturated rings. The predicted octanol–water partition coefficient (Wildman–Crippen LogP) is 2.33. The third-order valence-electron chi connectivity index (χ3n) is 8.37. The van der Waals surface area contributed by atoms with E-state index in [9.17, 15) is 24.4 Å². The van der Waals surface area contributed by atoms with E-state index in [4.69, 9.17) is 4.74 Å². The number of methoxy groups -OCH3 is 1. The van der Waals surface area contributed by atoms with Gasteiger partial charge in [-0.3, -0.25) is 14.4 Å². The van der Waals surface area contributed by atoms with Crippen molar-refractivity contribution in [1.29, 1.82) is 5.26 Å². The molecule has 6 atom stereocenters. The number of ether oxygens (including phenoxy) is 1. The molecule has 3 aliphatic rings. The van der Waals surface area contributed by atoms with Gasteiger partial charge in [-0.15, -0.1) is 0 Å². The Morgan fingerprint density at radius 3 is 2.45 bits per heavy atom. The second-order valence-corrected chi connectivity index (χ2v) is 11.8. The number of fused-ring (bicyclic) bond motifs is 3. The van der Waals surface area contributed by atoms with E-state index in [1.807, 2.05) is 19.9 Å². The predicted molar refractivity (Wildman–Crippen MR) is 133 cm³/mol. The number of alkyl halides is 2. The first-order valence-electron chi connectivity index (χ1n) is 13.2. The summed E-state index contributed by atoms with van der Waals surface area (Å²) in [5.41, 5.74) is -0.966. The number of nitrogens with zero attached hydrogens (tertiary/aromatic N) is 2. The number of hydrogen-bond donors (Lipinski definition) is 3. The van der Waals surface area contributed by atoms with Crippen molar-refractivity contribution in [2.75, 3.05) is 13.7 Å². The smallest absolute Gasteiger partial charge is 0.407 e. The van der Waals surface area contributed by atoms with Gasteiger partial charge in [0.1, 0.15) is 18.1 Å². The second kappa shape index (κ2) is 11.4. The van der Waals surface area contributed by atoms with Gasteiger partial charge >= 0.3 is 6.09 Å². The van der Waals surface area contributed by atoms with E-state index in [2.05, 4.69) is 16.0 Å². The summed E-state index contributed by atoms with van der Waals surface area (Å²) in [5, 5.41) is 17.3. The number of alkyl carbamates (subject to hydrolysis) is 1. The molecular weight excluding hydrogens is 500 g/mol. The van der Waals surface area contributed by atoms with Crippen molar-refractivity contribution in [2.24, 2.45) is 23.2 Å². The van der Waals surface area contributed by atoms with Crippen molar-refractivity contribution in [3.63, 3.8) is 0 Å². The molecular formula is C26H39F2N5O5. The molecule has 0 aliphatic carbocycles. The van der Waals surface area contributed by atoms with E-state index in [0.29, 0.717) is 6.42 Å². The van der Waals surface area contributed by atoms with Crippen LogP contribution in [0.25, 0.3) is 0 Å². The Hall–Kier alpha value is -2.97. The zero-order valence-electron chi connectivity index (χ0n) is 22.7. The van der Waals surface area contributed by atoms with E-state index < -0.39 is 71.7 Å². The zero-order valence-corrected chi connectivity index (χ0v) is 22.7. The minimum absolute atomic E-state index is 0.0308. The maximum absolute atomic E-state index is 15.1. The van der Waals surface area contributed by atoms with Gasteiger partial charge in [0, 0.05) is 18.9 Å². The molecule has 3 rings (SSSR count). The van der Waals surface area contributed by atoms with Crippen LogP contribution in [0.3, 0.4) is 0 Å². The lowest BCUT2D eigenvalue weighted by Crippen LogP contribution is -2.59. The quantitative estimate of drug-likeness (QED) is 0.492. The number of nitrogens with one attached hydrogen (secondary N) is 3. The molecule has 0 aromatic carbocycles. The van der Waals surface area contributed by atoms with Gasteiger partial charge in [-0.25, -0.2) is 13.6 Å². The number of amides is 4. The molecule has 0 radical (unpaired) electrons. The van der Waals surface area contributed by atoms with Crippen LogP contribution in [0, 0.1) is 34.5 Å². The highest BCUT2D eigenvalue weighted by atomic mass is 19.3. The van der Waals surface area contributed by atoms with E-state index >= 15 is 8.78 Å². The van der Waals surface area contributed by atoms with Crippen molar-refractivity contribution in [3.8, 4) is 6.07 Å². The van der Waals surface area contributed by atoms with Crippen molar-refractivity contribution >= 4 is 23.8 Å². The summed E-state index contributed by atoms with van der Waals surface area (Å²) in [4.78, 5) is 53.7. The lowest BCUT2D eigenvalue weighted by Gasteiger charge is -2.38. The molecule has 3 N–H and O–H groups in total. The number of rotatable bonds is 2. The molecule has 3 heterocycles. The van der Waals surface area contributed by atoms with E-state index in [1.54, 1.807) is 13.8 Å². The average molecular weight is 540 g/mol. The van der Waals surface area contributed by atoms with Gasteiger partial charge in [-0.2, -0.15) is 5.26 Å². The summed E-state index contributed by atoms with van der Waals surface area (Å²) in [6, 6.07) is -2.53. The molecule has 10 nitrogen and oxygen atoms in total. The Labute approximate surface area is 222 Å². The van der Waals surface area contributed by atoms with E-state index in [0.717, 1.165) is 7.11 Å². The molecule has 0 aromatic heterocycles. The Bertz CT molecular complexity index is 982. The molecule has 212 valence electrons. The molecule has 0 spiro atoms. The zero-order chi connectivity index (χ0) is 28.4. The monoisotopic (exact) mass is 539 g/mol. The van der Waals surface area contributed by atoms with Gasteiger partial charge < -0.3 is 25.6 Å². The van der Waals surface area contributed by atoms with Gasteiger partial charge in [0.2, 0.25) is 17.7 Å². The maximum atomic E-state index is 15.1. The first-order valence-corrected chi connectivity index (χ1v) is 13.2. The maximum Gasteiger partial charge on any atom is 0.407 e. The van der Waals surface area contributed by atoms with Gasteiger partial charge in [0.15, 0.2) is 0 Å². The minimum atomic E-state index is -3.21. The molecule has 0 saturated carbocycles. The number of nitriles is 1. The molecule has 38 heavy (non-hydrogen) atoms. The largest absolute Gasteiger partial charge is 0.453 e. The third-order valence-corrected chi connectivity index (χ3v) is 8.37. The highest BCUT2D eigenvalue weighted by Gasteiger charge is 2.51. The van der Waals surface area contributed by atoms with Crippen molar-refractivity contribution in [3.05, 3.63) is 0 Å². The summed E-state index contributed by atoms with van der Waals surface area (Å²) >= 11 is 0. The minimum Gasteiger partial charge on any atom is -0.453 e. The van der Waals surface area contributed by atoms with Crippen LogP contribution in [0.1, 0.15) is 66.2 Å². The fraction of sp³-hybridized carbons (Fsp3) is 0.808. The second-order valence-electron chi connectivity index (χ2n) is 11.8. The average Bonchev–Trinajstić information content (AvgIpc) is 3.45. The number of hydrogen-bond acceptors (Lipinski definition) is 6. The number of carbonyl (C=O) groups is 4. The van der Waals surface area contributed by atoms with Gasteiger partial charge in [0.25, 0.3) is 5.92 Å². The Kier molecular flexibility index (Phi) is 8.89. The summed E-state index contributed by atoms with van der Waals surface area (Å²) in [6.45, 7) is 7.57. The lowest BCUT2D eigenvalue weighted by molar-refractivity contribution is -0.143. The molecule has 0 aromatic rings. The highest BCUT2D eigenvalue weighted by molar-refractivity contribution is 5.93. The fourth-order valence-corrected chi connectivity index (χ4v) is 6.04. The highest BCUT2D eigenvalue weighted by Crippen LogP contribution is 2.39. The van der Waals surface area contributed by atoms with Crippen LogP contribution >= 0.6 is 0 Å². The van der Waals surface area contributed by atoms with Crippen LogP contribution < -0.4 is 16.0 Å². The summed E-state index contributed by atoms with van der Waals surface area (Å²) < 4.78 is 34.9. The number of carbonyl (C=O) groups excluding carboxylic acids is 4. The van der Waals surface area contributed by atoms with Gasteiger partial charge in [-0.1, -0.05) is 27.7 Å². The van der Waals surface area contributed by atoms with E-state index in [1.165, 1.54) is 4.90 Å². The SMILES string of the molecule is COC(=O)N[C@@H]1C(=O)N2CC[C@H](C(C)C)[C@H]2C(=O)N[C@H](C#N)CC2C[C@H](NC2=O)C(F)(F)CCCC1(C)C. The molecule has 4 amide bonds. The first-order chi connectivity index (χ1) is 17.7. The van der Waals surface area contributed by atoms with Crippen molar-refractivity contribution in [2.45, 2.75) is 96.3 Å². The summed E-state index contributed by atoms with van der Waals surface area (Å²) in [5.74, 6) is -5.81. The van der Waals surface area contributed by atoms with Gasteiger partial charge in [0.05, 0.1) is 19.2 Å². The van der Waals surface area contributed by atoms with Crippen LogP contribution in [0.2, 0.25) is 0 Å². The van der Waals surface area contributed by atoms with Crippen LogP contribution in [0.15, 0.2) is 0 Å². The van der Waals surface area contributed by atoms with Crippen molar-refractivity contribution < 1.29 is 32.7 Å². The fourth-order valence-electron chi connectivity index (χ4n) is 6.04. The van der Waals surface area contributed by atoms with Crippen LogP contribution in [-0.4, -0.2) is 72.5 Å². The van der Waals surface area contributed by atoms with E-state index in [-0.39, 0.29) is 44.1 Å². The van der Waals surface area contributed by atoms with Crippen LogP contribution in [0.5, 0.6) is 0 Å². The standard InChI is InChI=1S/C26H39F2N5O5/c1-14(2)17-7-10-33-19(17)22(35)30-16(13-29)11-15-12-18(31-21(15)34)26(27,28)9-6-8-25(3,4)20(23(33)36)32-24(37)38-5/h14-20H,6-12H2,1-5H3,(H,30,35)(H,31,34)(H,32,37)/t15?,16-,17+,18-,19-,20+/m0/s1. The molecule has 2 bridgehead atoms.